The molecule has 0 bridgehead atoms. The first-order valence-electron chi connectivity index (χ1n) is 6.59. The van der Waals surface area contributed by atoms with Crippen LogP contribution in [0.2, 0.25) is 0 Å². The number of ether oxygens (including phenoxy) is 1. The molecule has 1 fully saturated rings. The molecule has 0 saturated carbocycles. The first-order valence-corrected chi connectivity index (χ1v) is 7.64. The van der Waals surface area contributed by atoms with E-state index < -0.39 is 12.0 Å². The maximum Gasteiger partial charge on any atom is 0.328 e. The second kappa shape index (κ2) is 8.04. The van der Waals surface area contributed by atoms with Gasteiger partial charge in [0.2, 0.25) is 5.91 Å². The van der Waals surface area contributed by atoms with Gasteiger partial charge in [-0.15, -0.1) is 11.8 Å². The van der Waals surface area contributed by atoms with Crippen LogP contribution in [-0.4, -0.2) is 47.0 Å². The predicted molar refractivity (Wildman–Crippen MR) is 77.0 cm³/mol. The van der Waals surface area contributed by atoms with Gasteiger partial charge in [-0.2, -0.15) is 0 Å². The molecule has 2 atom stereocenters. The van der Waals surface area contributed by atoms with Gasteiger partial charge in [-0.25, -0.2) is 4.79 Å². The first-order chi connectivity index (χ1) is 9.43. The Morgan fingerprint density at radius 1 is 1.45 bits per heavy atom. The Balaban J connectivity index is 2.56. The molecule has 0 spiro atoms. The standard InChI is InChI=1S/C13H20N2O4S/c1-8(2)19-13(18)10(4-3-9(16)7-14)15-12(17)11-5-6-20-11/h7-8,10-11,14H,3-6H2,1-2H3,(H,15,17)/t10-,11-/m0/s1. The van der Waals surface area contributed by atoms with Crippen molar-refractivity contribution in [2.45, 2.75) is 50.5 Å². The molecule has 6 nitrogen and oxygen atoms in total. The molecule has 1 aliphatic rings. The lowest BCUT2D eigenvalue weighted by atomic mass is 10.1. The molecule has 7 heteroatoms. The molecule has 1 heterocycles. The SMILES string of the molecule is CC(C)OC(=O)[C@H](CCC(=O)C=N)NC(=O)[C@@H]1CCS1. The van der Waals surface area contributed by atoms with Gasteiger partial charge in [0.1, 0.15) is 6.04 Å². The minimum atomic E-state index is -0.824. The zero-order valence-corrected chi connectivity index (χ0v) is 12.5. The zero-order chi connectivity index (χ0) is 15.1. The van der Waals surface area contributed by atoms with Crippen molar-refractivity contribution in [3.63, 3.8) is 0 Å². The number of nitrogens with one attached hydrogen (secondary N) is 2. The Kier molecular flexibility index (Phi) is 6.70. The third-order valence-electron chi connectivity index (χ3n) is 2.78. The smallest absolute Gasteiger partial charge is 0.328 e. The van der Waals surface area contributed by atoms with Gasteiger partial charge in [-0.1, -0.05) is 0 Å². The topological polar surface area (TPSA) is 96.3 Å². The average Bonchev–Trinajstić information content (AvgIpc) is 2.30. The molecule has 0 aliphatic carbocycles. The third-order valence-corrected chi connectivity index (χ3v) is 4.11. The number of rotatable bonds is 8. The summed E-state index contributed by atoms with van der Waals surface area (Å²) in [7, 11) is 0. The van der Waals surface area contributed by atoms with Crippen LogP contribution in [0, 0.1) is 5.41 Å². The van der Waals surface area contributed by atoms with Crippen molar-refractivity contribution in [3.8, 4) is 0 Å². The van der Waals surface area contributed by atoms with E-state index in [1.165, 1.54) is 0 Å². The summed E-state index contributed by atoms with van der Waals surface area (Å²) in [6, 6.07) is -0.824. The number of hydrogen-bond acceptors (Lipinski definition) is 6. The van der Waals surface area contributed by atoms with E-state index in [1.54, 1.807) is 25.6 Å². The van der Waals surface area contributed by atoms with E-state index in [0.29, 0.717) is 6.21 Å². The van der Waals surface area contributed by atoms with Crippen LogP contribution in [0.3, 0.4) is 0 Å². The summed E-state index contributed by atoms with van der Waals surface area (Å²) in [4.78, 5) is 34.9. The summed E-state index contributed by atoms with van der Waals surface area (Å²) >= 11 is 1.54. The van der Waals surface area contributed by atoms with E-state index in [2.05, 4.69) is 5.32 Å². The van der Waals surface area contributed by atoms with Gasteiger partial charge in [0, 0.05) is 6.42 Å². The molecular weight excluding hydrogens is 280 g/mol. The van der Waals surface area contributed by atoms with Crippen molar-refractivity contribution in [1.29, 1.82) is 5.41 Å². The van der Waals surface area contributed by atoms with Crippen molar-refractivity contribution in [3.05, 3.63) is 0 Å². The summed E-state index contributed by atoms with van der Waals surface area (Å²) in [6.45, 7) is 3.45. The number of amides is 1. The summed E-state index contributed by atoms with van der Waals surface area (Å²) < 4.78 is 5.08. The minimum absolute atomic E-state index is 0.0411. The molecule has 2 N–H and O–H groups in total. The number of carbonyl (C=O) groups is 3. The van der Waals surface area contributed by atoms with Crippen LogP contribution >= 0.6 is 11.8 Å². The Morgan fingerprint density at radius 2 is 2.10 bits per heavy atom. The number of carbonyl (C=O) groups excluding carboxylic acids is 3. The van der Waals surface area contributed by atoms with Crippen LogP contribution in [0.4, 0.5) is 0 Å². The number of esters is 1. The van der Waals surface area contributed by atoms with Gasteiger partial charge in [-0.05, 0) is 32.4 Å². The van der Waals surface area contributed by atoms with E-state index in [1.807, 2.05) is 0 Å². The lowest BCUT2D eigenvalue weighted by Gasteiger charge is -2.26. The van der Waals surface area contributed by atoms with E-state index >= 15 is 0 Å². The highest BCUT2D eigenvalue weighted by Gasteiger charge is 2.30. The van der Waals surface area contributed by atoms with Crippen molar-refractivity contribution in [1.82, 2.24) is 5.32 Å². The van der Waals surface area contributed by atoms with Gasteiger partial charge in [-0.3, -0.25) is 9.59 Å². The van der Waals surface area contributed by atoms with Crippen molar-refractivity contribution < 1.29 is 19.1 Å². The van der Waals surface area contributed by atoms with Gasteiger partial charge >= 0.3 is 5.97 Å². The van der Waals surface area contributed by atoms with E-state index in [-0.39, 0.29) is 35.9 Å². The first kappa shape index (κ1) is 16.7. The maximum atomic E-state index is 11.9. The molecular formula is C13H20N2O4S. The molecule has 0 aromatic carbocycles. The van der Waals surface area contributed by atoms with Crippen LogP contribution < -0.4 is 5.32 Å². The fraction of sp³-hybridized carbons (Fsp3) is 0.692. The Labute approximate surface area is 122 Å². The van der Waals surface area contributed by atoms with Crippen molar-refractivity contribution in [2.75, 3.05) is 5.75 Å². The molecule has 0 unspecified atom stereocenters. The highest BCUT2D eigenvalue weighted by molar-refractivity contribution is 8.01. The van der Waals surface area contributed by atoms with Crippen molar-refractivity contribution >= 4 is 35.6 Å². The number of ketones is 1. The van der Waals surface area contributed by atoms with E-state index in [0.717, 1.165) is 12.2 Å². The molecule has 20 heavy (non-hydrogen) atoms. The van der Waals surface area contributed by atoms with Crippen LogP contribution in [0.1, 0.15) is 33.1 Å². The maximum absolute atomic E-state index is 11.9. The summed E-state index contributed by atoms with van der Waals surface area (Å²) in [5, 5.41) is 9.37. The van der Waals surface area contributed by atoms with Gasteiger partial charge in [0.15, 0.2) is 5.78 Å². The Morgan fingerprint density at radius 3 is 2.55 bits per heavy atom. The zero-order valence-electron chi connectivity index (χ0n) is 11.7. The van der Waals surface area contributed by atoms with Gasteiger partial charge in [0.05, 0.1) is 17.6 Å². The minimum Gasteiger partial charge on any atom is -0.461 e. The number of hydrogen-bond donors (Lipinski definition) is 2. The number of Topliss-reactive ketones (excluding diaryl/α,β-unsaturated/α-hetero) is 1. The van der Waals surface area contributed by atoms with Crippen LogP contribution in [0.5, 0.6) is 0 Å². The predicted octanol–water partition coefficient (Wildman–Crippen LogP) is 0.927. The lowest BCUT2D eigenvalue weighted by Crippen LogP contribution is -2.47. The van der Waals surface area contributed by atoms with E-state index in [4.69, 9.17) is 10.1 Å². The highest BCUT2D eigenvalue weighted by Crippen LogP contribution is 2.27. The normalized spacial score (nSPS) is 18.9. The van der Waals surface area contributed by atoms with Crippen molar-refractivity contribution in [2.24, 2.45) is 0 Å². The van der Waals surface area contributed by atoms with E-state index in [9.17, 15) is 14.4 Å². The highest BCUT2D eigenvalue weighted by atomic mass is 32.2. The Hall–Kier alpha value is -1.37. The molecule has 0 aromatic heterocycles. The molecule has 1 rings (SSSR count). The molecule has 112 valence electrons. The largest absolute Gasteiger partial charge is 0.461 e. The van der Waals surface area contributed by atoms with Crippen LogP contribution in [0.25, 0.3) is 0 Å². The van der Waals surface area contributed by atoms with Gasteiger partial charge < -0.3 is 15.5 Å². The summed E-state index contributed by atoms with van der Waals surface area (Å²) in [5.41, 5.74) is 0. The summed E-state index contributed by atoms with van der Waals surface area (Å²) in [5.74, 6) is -0.143. The number of thioether (sulfide) groups is 1. The monoisotopic (exact) mass is 300 g/mol. The Bertz CT molecular complexity index is 394. The molecule has 0 radical (unpaired) electrons. The van der Waals surface area contributed by atoms with Crippen LogP contribution in [-0.2, 0) is 19.1 Å². The van der Waals surface area contributed by atoms with Gasteiger partial charge in [0.25, 0.3) is 0 Å². The third kappa shape index (κ3) is 5.32. The fourth-order valence-electron chi connectivity index (χ4n) is 1.63. The quantitative estimate of drug-likeness (QED) is 0.513. The van der Waals surface area contributed by atoms with Crippen LogP contribution in [0.15, 0.2) is 0 Å². The summed E-state index contributed by atoms with van der Waals surface area (Å²) in [6.07, 6.45) is 1.44. The molecule has 1 amide bonds. The second-order valence-electron chi connectivity index (χ2n) is 4.84. The molecule has 1 aliphatic heterocycles. The fourth-order valence-corrected chi connectivity index (χ4v) is 2.32. The average molecular weight is 300 g/mol. The molecule has 1 saturated heterocycles. The lowest BCUT2D eigenvalue weighted by molar-refractivity contribution is -0.151. The molecule has 0 aromatic rings. The second-order valence-corrected chi connectivity index (χ2v) is 6.15.